The first-order chi connectivity index (χ1) is 17.4. The Hall–Kier alpha value is -3.58. The molecular formula is C24H21F5N3O4S-. The largest absolute Gasteiger partial charge is 0.755 e. The molecule has 198 valence electrons. The molecule has 1 heterocycles. The zero-order valence-corrected chi connectivity index (χ0v) is 20.3. The maximum atomic E-state index is 14.4. The molecule has 3 aromatic rings. The fourth-order valence-electron chi connectivity index (χ4n) is 3.23. The van der Waals surface area contributed by atoms with Crippen LogP contribution in [0.5, 0.6) is 5.88 Å². The van der Waals surface area contributed by atoms with Crippen LogP contribution in [0.4, 0.5) is 27.6 Å². The molecule has 0 radical (unpaired) electrons. The topological polar surface area (TPSA) is 94.6 Å². The van der Waals surface area contributed by atoms with Gasteiger partial charge in [-0.1, -0.05) is 18.2 Å². The van der Waals surface area contributed by atoms with Crippen LogP contribution in [0.3, 0.4) is 0 Å². The number of amides is 1. The van der Waals surface area contributed by atoms with E-state index in [0.717, 1.165) is 25.2 Å². The van der Waals surface area contributed by atoms with Gasteiger partial charge in [-0.25, -0.2) is 13.8 Å². The van der Waals surface area contributed by atoms with Crippen molar-refractivity contribution in [3.05, 3.63) is 88.6 Å². The van der Waals surface area contributed by atoms with Gasteiger partial charge in [0.15, 0.2) is 0 Å². The summed E-state index contributed by atoms with van der Waals surface area (Å²) >= 11 is -2.69. The number of rotatable bonds is 9. The number of benzene rings is 2. The van der Waals surface area contributed by atoms with Crippen LogP contribution in [0.1, 0.15) is 35.2 Å². The van der Waals surface area contributed by atoms with E-state index in [1.54, 1.807) is 0 Å². The van der Waals surface area contributed by atoms with E-state index in [1.165, 1.54) is 43.3 Å². The number of hydrogen-bond donors (Lipinski definition) is 1. The number of nitrogens with one attached hydrogen (secondary N) is 1. The van der Waals surface area contributed by atoms with Gasteiger partial charge in [0.2, 0.25) is 11.8 Å². The van der Waals surface area contributed by atoms with Crippen molar-refractivity contribution in [2.75, 3.05) is 11.4 Å². The van der Waals surface area contributed by atoms with E-state index < -0.39 is 46.6 Å². The minimum atomic E-state index is -4.73. The van der Waals surface area contributed by atoms with Crippen molar-refractivity contribution in [2.24, 2.45) is 0 Å². The average Bonchev–Trinajstić information content (AvgIpc) is 2.85. The summed E-state index contributed by atoms with van der Waals surface area (Å²) in [4.78, 5) is 16.2. The molecule has 37 heavy (non-hydrogen) atoms. The molecule has 2 aromatic carbocycles. The summed E-state index contributed by atoms with van der Waals surface area (Å²) in [6.45, 7) is 1.04. The second-order valence-corrected chi connectivity index (χ2v) is 8.92. The van der Waals surface area contributed by atoms with Gasteiger partial charge in [-0.05, 0) is 54.4 Å². The molecule has 0 aliphatic carbocycles. The number of ether oxygens (including phenoxy) is 1. The second-order valence-electron chi connectivity index (χ2n) is 7.94. The van der Waals surface area contributed by atoms with Gasteiger partial charge in [0, 0.05) is 30.4 Å². The summed E-state index contributed by atoms with van der Waals surface area (Å²) in [5.41, 5.74) is -0.506. The van der Waals surface area contributed by atoms with E-state index >= 15 is 0 Å². The lowest BCUT2D eigenvalue weighted by molar-refractivity contribution is -0.141. The quantitative estimate of drug-likeness (QED) is 0.315. The van der Waals surface area contributed by atoms with Crippen LogP contribution in [0.25, 0.3) is 0 Å². The van der Waals surface area contributed by atoms with Crippen LogP contribution >= 0.6 is 0 Å². The van der Waals surface area contributed by atoms with Crippen LogP contribution in [0.2, 0.25) is 0 Å². The Labute approximate surface area is 211 Å². The molecule has 1 N–H and O–H groups in total. The van der Waals surface area contributed by atoms with E-state index in [4.69, 9.17) is 4.74 Å². The summed E-state index contributed by atoms with van der Waals surface area (Å²) in [5.74, 6) is -3.15. The van der Waals surface area contributed by atoms with E-state index in [9.17, 15) is 35.5 Å². The standard InChI is InChI=1S/C24H22F5N3O4S/c1-14(16-5-9-20(19(26)11-16)32(2)37(34)35)22(33)30-12-17-6-10-21(24(27,28)29)31-23(17)36-13-15-3-7-18(25)8-4-15/h3-11,14H,12-13H2,1-2H3,(H,30,33)(H,34,35)/p-1. The number of carbonyl (C=O) groups is 1. The van der Waals surface area contributed by atoms with Crippen LogP contribution in [-0.4, -0.2) is 26.7 Å². The Morgan fingerprint density at radius 1 is 1.14 bits per heavy atom. The molecule has 0 aliphatic heterocycles. The number of alkyl halides is 3. The monoisotopic (exact) mass is 542 g/mol. The number of hydrogen-bond acceptors (Lipinski definition) is 5. The fraction of sp³-hybridized carbons (Fsp3) is 0.250. The molecule has 0 saturated carbocycles. The Balaban J connectivity index is 1.74. The van der Waals surface area contributed by atoms with Crippen LogP contribution in [0.15, 0.2) is 54.6 Å². The van der Waals surface area contributed by atoms with Gasteiger partial charge in [-0.3, -0.25) is 9.00 Å². The van der Waals surface area contributed by atoms with Gasteiger partial charge in [-0.2, -0.15) is 13.2 Å². The summed E-state index contributed by atoms with van der Waals surface area (Å²) in [6, 6.07) is 10.7. The molecule has 0 saturated heterocycles. The van der Waals surface area contributed by atoms with Crippen molar-refractivity contribution in [1.29, 1.82) is 0 Å². The smallest absolute Gasteiger partial charge is 0.433 e. The molecule has 1 amide bonds. The summed E-state index contributed by atoms with van der Waals surface area (Å²) < 4.78 is 95.2. The Morgan fingerprint density at radius 2 is 1.81 bits per heavy atom. The molecule has 3 rings (SSSR count). The van der Waals surface area contributed by atoms with Crippen LogP contribution in [-0.2, 0) is 35.4 Å². The fourth-order valence-corrected chi connectivity index (χ4v) is 3.54. The first-order valence-electron chi connectivity index (χ1n) is 10.7. The maximum absolute atomic E-state index is 14.4. The molecule has 0 aliphatic rings. The first kappa shape index (κ1) is 28.0. The molecule has 1 aromatic heterocycles. The zero-order chi connectivity index (χ0) is 27.3. The van der Waals surface area contributed by atoms with Gasteiger partial charge >= 0.3 is 6.18 Å². The number of aromatic nitrogens is 1. The molecule has 7 nitrogen and oxygen atoms in total. The minimum Gasteiger partial charge on any atom is -0.755 e. The van der Waals surface area contributed by atoms with Crippen molar-refractivity contribution in [3.8, 4) is 5.88 Å². The van der Waals surface area contributed by atoms with Crippen LogP contribution in [0, 0.1) is 11.6 Å². The number of pyridine rings is 1. The summed E-state index contributed by atoms with van der Waals surface area (Å²) in [5, 5.41) is 2.56. The van der Waals surface area contributed by atoms with Gasteiger partial charge in [-0.15, -0.1) is 0 Å². The number of carbonyl (C=O) groups excluding carboxylic acids is 1. The van der Waals surface area contributed by atoms with E-state index in [2.05, 4.69) is 10.3 Å². The Morgan fingerprint density at radius 3 is 2.41 bits per heavy atom. The summed E-state index contributed by atoms with van der Waals surface area (Å²) in [7, 11) is 1.16. The molecular weight excluding hydrogens is 521 g/mol. The molecule has 2 atom stereocenters. The highest BCUT2D eigenvalue weighted by atomic mass is 32.2. The lowest BCUT2D eigenvalue weighted by atomic mass is 9.99. The maximum Gasteiger partial charge on any atom is 0.433 e. The summed E-state index contributed by atoms with van der Waals surface area (Å²) in [6.07, 6.45) is -4.73. The van der Waals surface area contributed by atoms with E-state index in [-0.39, 0.29) is 35.8 Å². The lowest BCUT2D eigenvalue weighted by Crippen LogP contribution is -2.28. The lowest BCUT2D eigenvalue weighted by Gasteiger charge is -2.22. The van der Waals surface area contributed by atoms with Gasteiger partial charge in [0.1, 0.15) is 23.9 Å². The van der Waals surface area contributed by atoms with E-state index in [1.807, 2.05) is 0 Å². The number of halogens is 5. The molecule has 0 fully saturated rings. The normalized spacial score (nSPS) is 13.1. The Kier molecular flexibility index (Phi) is 8.81. The third kappa shape index (κ3) is 7.23. The van der Waals surface area contributed by atoms with Crippen molar-refractivity contribution in [3.63, 3.8) is 0 Å². The van der Waals surface area contributed by atoms with Gasteiger partial charge in [0.25, 0.3) is 0 Å². The highest BCUT2D eigenvalue weighted by Gasteiger charge is 2.33. The highest BCUT2D eigenvalue weighted by molar-refractivity contribution is 7.80. The van der Waals surface area contributed by atoms with Gasteiger partial charge in [0.05, 0.1) is 11.6 Å². The average molecular weight is 543 g/mol. The third-order valence-corrected chi connectivity index (χ3v) is 6.04. The minimum absolute atomic E-state index is 0.150. The Bertz CT molecular complexity index is 1290. The molecule has 13 heteroatoms. The van der Waals surface area contributed by atoms with Crippen molar-refractivity contribution in [2.45, 2.75) is 32.2 Å². The second kappa shape index (κ2) is 11.6. The van der Waals surface area contributed by atoms with Crippen LogP contribution < -0.4 is 14.4 Å². The first-order valence-corrected chi connectivity index (χ1v) is 11.7. The zero-order valence-electron chi connectivity index (χ0n) is 19.5. The number of nitrogens with zero attached hydrogens (tertiary/aromatic N) is 2. The molecule has 0 spiro atoms. The molecule has 0 bridgehead atoms. The van der Waals surface area contributed by atoms with Crippen molar-refractivity contribution in [1.82, 2.24) is 10.3 Å². The molecule has 2 unspecified atom stereocenters. The van der Waals surface area contributed by atoms with Crippen molar-refractivity contribution < 1.29 is 40.2 Å². The van der Waals surface area contributed by atoms with E-state index in [0.29, 0.717) is 9.87 Å². The highest BCUT2D eigenvalue weighted by Crippen LogP contribution is 2.31. The predicted molar refractivity (Wildman–Crippen MR) is 124 cm³/mol. The third-order valence-electron chi connectivity index (χ3n) is 5.40. The number of anilines is 1. The SMILES string of the molecule is CC(C(=O)NCc1ccc(C(F)(F)F)nc1OCc1ccc(F)cc1)c1ccc(N(C)S(=O)[O-])c(F)c1. The van der Waals surface area contributed by atoms with Gasteiger partial charge < -0.3 is 18.9 Å². The van der Waals surface area contributed by atoms with Crippen molar-refractivity contribution >= 4 is 22.9 Å². The predicted octanol–water partition coefficient (Wildman–Crippen LogP) is 4.61.